The molecule has 2 aliphatic carbocycles. The van der Waals surface area contributed by atoms with Crippen molar-refractivity contribution in [3.05, 3.63) is 0 Å². The SMILES string of the molecule is CC1CCC(C2CC3(CC(C(N)=O)C3)C2)NC1. The van der Waals surface area contributed by atoms with Crippen LogP contribution in [0.2, 0.25) is 0 Å². The Bertz CT molecular complexity index is 306. The van der Waals surface area contributed by atoms with Gasteiger partial charge in [-0.05, 0) is 62.3 Å². The zero-order valence-electron chi connectivity index (χ0n) is 10.7. The lowest BCUT2D eigenvalue weighted by atomic mass is 9.46. The van der Waals surface area contributed by atoms with Gasteiger partial charge in [-0.1, -0.05) is 6.92 Å². The van der Waals surface area contributed by atoms with Crippen LogP contribution in [0, 0.1) is 23.2 Å². The van der Waals surface area contributed by atoms with E-state index in [9.17, 15) is 4.79 Å². The zero-order valence-corrected chi connectivity index (χ0v) is 10.7. The normalized spacial score (nSPS) is 49.5. The summed E-state index contributed by atoms with van der Waals surface area (Å²) in [6.45, 7) is 3.52. The van der Waals surface area contributed by atoms with Gasteiger partial charge in [-0.15, -0.1) is 0 Å². The summed E-state index contributed by atoms with van der Waals surface area (Å²) in [5, 5.41) is 3.70. The quantitative estimate of drug-likeness (QED) is 0.766. The molecule has 2 saturated carbocycles. The molecule has 1 aliphatic heterocycles. The maximum Gasteiger partial charge on any atom is 0.220 e. The summed E-state index contributed by atoms with van der Waals surface area (Å²) in [6.07, 6.45) is 7.54. The molecular formula is C14H24N2O. The fourth-order valence-corrected chi connectivity index (χ4v) is 4.28. The highest BCUT2D eigenvalue weighted by Crippen LogP contribution is 2.62. The van der Waals surface area contributed by atoms with Gasteiger partial charge in [-0.25, -0.2) is 0 Å². The molecule has 2 atom stereocenters. The third kappa shape index (κ3) is 1.99. The number of amides is 1. The molecule has 0 bridgehead atoms. The van der Waals surface area contributed by atoms with Gasteiger partial charge in [0, 0.05) is 12.0 Å². The van der Waals surface area contributed by atoms with Crippen molar-refractivity contribution in [1.29, 1.82) is 0 Å². The molecule has 3 heteroatoms. The number of primary amides is 1. The Morgan fingerprint density at radius 1 is 1.24 bits per heavy atom. The third-order valence-corrected chi connectivity index (χ3v) is 5.42. The van der Waals surface area contributed by atoms with Crippen LogP contribution in [0.3, 0.4) is 0 Å². The Morgan fingerprint density at radius 3 is 2.47 bits per heavy atom. The highest BCUT2D eigenvalue weighted by atomic mass is 16.1. The van der Waals surface area contributed by atoms with E-state index in [2.05, 4.69) is 12.2 Å². The molecule has 0 aromatic rings. The van der Waals surface area contributed by atoms with Gasteiger partial charge >= 0.3 is 0 Å². The van der Waals surface area contributed by atoms with Crippen molar-refractivity contribution in [2.45, 2.75) is 51.5 Å². The molecule has 17 heavy (non-hydrogen) atoms. The van der Waals surface area contributed by atoms with Gasteiger partial charge < -0.3 is 11.1 Å². The minimum absolute atomic E-state index is 0.0799. The van der Waals surface area contributed by atoms with Gasteiger partial charge in [-0.3, -0.25) is 4.79 Å². The second kappa shape index (κ2) is 3.98. The minimum atomic E-state index is -0.0799. The summed E-state index contributed by atoms with van der Waals surface area (Å²) in [5.74, 6) is 1.83. The second-order valence-electron chi connectivity index (χ2n) is 6.87. The lowest BCUT2D eigenvalue weighted by molar-refractivity contribution is -0.139. The predicted molar refractivity (Wildman–Crippen MR) is 67.3 cm³/mol. The Kier molecular flexibility index (Phi) is 2.69. The average Bonchev–Trinajstić information content (AvgIpc) is 2.15. The van der Waals surface area contributed by atoms with E-state index in [4.69, 9.17) is 5.73 Å². The molecule has 3 rings (SSSR count). The molecular weight excluding hydrogens is 212 g/mol. The van der Waals surface area contributed by atoms with E-state index >= 15 is 0 Å². The topological polar surface area (TPSA) is 55.1 Å². The molecule has 1 saturated heterocycles. The number of piperidine rings is 1. The van der Waals surface area contributed by atoms with E-state index in [0.29, 0.717) is 5.41 Å². The summed E-state index contributed by atoms with van der Waals surface area (Å²) in [7, 11) is 0. The van der Waals surface area contributed by atoms with Crippen molar-refractivity contribution in [2.75, 3.05) is 6.54 Å². The summed E-state index contributed by atoms with van der Waals surface area (Å²) in [5.41, 5.74) is 5.86. The van der Waals surface area contributed by atoms with Crippen LogP contribution in [-0.2, 0) is 4.79 Å². The molecule has 3 fully saturated rings. The van der Waals surface area contributed by atoms with Crippen molar-refractivity contribution in [2.24, 2.45) is 28.9 Å². The Hall–Kier alpha value is -0.570. The van der Waals surface area contributed by atoms with Crippen LogP contribution in [-0.4, -0.2) is 18.5 Å². The van der Waals surface area contributed by atoms with Crippen LogP contribution >= 0.6 is 0 Å². The Balaban J connectivity index is 1.45. The number of hydrogen-bond donors (Lipinski definition) is 2. The number of carbonyl (C=O) groups is 1. The number of nitrogens with one attached hydrogen (secondary N) is 1. The summed E-state index contributed by atoms with van der Waals surface area (Å²) < 4.78 is 0. The van der Waals surface area contributed by atoms with Crippen LogP contribution in [0.15, 0.2) is 0 Å². The standard InChI is InChI=1S/C14H24N2O/c1-9-2-3-12(16-8-9)10-4-14(5-10)6-11(7-14)13(15)17/h9-12,16H,2-8H2,1H3,(H2,15,17). The van der Waals surface area contributed by atoms with Gasteiger partial charge in [-0.2, -0.15) is 0 Å². The molecule has 1 amide bonds. The average molecular weight is 236 g/mol. The van der Waals surface area contributed by atoms with E-state index in [1.54, 1.807) is 0 Å². The molecule has 0 aromatic heterocycles. The van der Waals surface area contributed by atoms with E-state index in [1.165, 1.54) is 32.2 Å². The molecule has 3 aliphatic rings. The molecule has 0 radical (unpaired) electrons. The molecule has 3 N–H and O–H groups in total. The number of hydrogen-bond acceptors (Lipinski definition) is 2. The number of nitrogens with two attached hydrogens (primary N) is 1. The second-order valence-corrected chi connectivity index (χ2v) is 6.87. The molecule has 1 spiro atoms. The Labute approximate surface area is 104 Å². The minimum Gasteiger partial charge on any atom is -0.369 e. The van der Waals surface area contributed by atoms with Crippen LogP contribution in [0.1, 0.15) is 45.4 Å². The van der Waals surface area contributed by atoms with Crippen molar-refractivity contribution in [3.8, 4) is 0 Å². The monoisotopic (exact) mass is 236 g/mol. The van der Waals surface area contributed by atoms with Crippen LogP contribution in [0.5, 0.6) is 0 Å². The first-order valence-electron chi connectivity index (χ1n) is 7.11. The summed E-state index contributed by atoms with van der Waals surface area (Å²) >= 11 is 0. The number of rotatable bonds is 2. The van der Waals surface area contributed by atoms with Crippen molar-refractivity contribution in [1.82, 2.24) is 5.32 Å². The lowest BCUT2D eigenvalue weighted by Gasteiger charge is -2.59. The molecule has 0 aromatic carbocycles. The van der Waals surface area contributed by atoms with Gasteiger partial charge in [0.1, 0.15) is 0 Å². The van der Waals surface area contributed by atoms with Crippen molar-refractivity contribution < 1.29 is 4.79 Å². The van der Waals surface area contributed by atoms with Crippen molar-refractivity contribution >= 4 is 5.91 Å². The zero-order chi connectivity index (χ0) is 12.0. The first kappa shape index (κ1) is 11.5. The fraction of sp³-hybridized carbons (Fsp3) is 0.929. The van der Waals surface area contributed by atoms with Crippen LogP contribution < -0.4 is 11.1 Å². The lowest BCUT2D eigenvalue weighted by Crippen LogP contribution is -2.56. The maximum atomic E-state index is 11.0. The van der Waals surface area contributed by atoms with E-state index < -0.39 is 0 Å². The first-order chi connectivity index (χ1) is 8.08. The van der Waals surface area contributed by atoms with E-state index in [-0.39, 0.29) is 11.8 Å². The molecule has 3 nitrogen and oxygen atoms in total. The maximum absolute atomic E-state index is 11.0. The summed E-state index contributed by atoms with van der Waals surface area (Å²) in [6, 6.07) is 0.754. The molecule has 96 valence electrons. The van der Waals surface area contributed by atoms with Gasteiger partial charge in [0.2, 0.25) is 5.91 Å². The fourth-order valence-electron chi connectivity index (χ4n) is 4.28. The Morgan fingerprint density at radius 2 is 1.94 bits per heavy atom. The van der Waals surface area contributed by atoms with Crippen LogP contribution in [0.25, 0.3) is 0 Å². The molecule has 2 unspecified atom stereocenters. The van der Waals surface area contributed by atoms with Crippen LogP contribution in [0.4, 0.5) is 0 Å². The largest absolute Gasteiger partial charge is 0.369 e. The third-order valence-electron chi connectivity index (χ3n) is 5.42. The highest BCUT2D eigenvalue weighted by Gasteiger charge is 2.55. The smallest absolute Gasteiger partial charge is 0.220 e. The molecule has 1 heterocycles. The number of carbonyl (C=O) groups excluding carboxylic acids is 1. The summed E-state index contributed by atoms with van der Waals surface area (Å²) in [4.78, 5) is 11.0. The van der Waals surface area contributed by atoms with Gasteiger partial charge in [0.25, 0.3) is 0 Å². The van der Waals surface area contributed by atoms with Gasteiger partial charge in [0.05, 0.1) is 0 Å². The van der Waals surface area contributed by atoms with Crippen molar-refractivity contribution in [3.63, 3.8) is 0 Å². The highest BCUT2D eigenvalue weighted by molar-refractivity contribution is 5.77. The van der Waals surface area contributed by atoms with E-state index in [1.807, 2.05) is 0 Å². The predicted octanol–water partition coefficient (Wildman–Crippen LogP) is 1.67. The van der Waals surface area contributed by atoms with E-state index in [0.717, 1.165) is 30.7 Å². The first-order valence-corrected chi connectivity index (χ1v) is 7.11. The van der Waals surface area contributed by atoms with Gasteiger partial charge in [0.15, 0.2) is 0 Å².